The van der Waals surface area contributed by atoms with E-state index < -0.39 is 0 Å². The summed E-state index contributed by atoms with van der Waals surface area (Å²) in [5, 5.41) is 2.91. The monoisotopic (exact) mass is 361 g/mol. The summed E-state index contributed by atoms with van der Waals surface area (Å²) in [6, 6.07) is 7.65. The van der Waals surface area contributed by atoms with E-state index in [4.69, 9.17) is 10.5 Å². The summed E-state index contributed by atoms with van der Waals surface area (Å²) >= 11 is 0. The highest BCUT2D eigenvalue weighted by Crippen LogP contribution is 2.21. The number of carbonyl (C=O) groups excluding carboxylic acids is 2. The zero-order chi connectivity index (χ0) is 18.9. The lowest BCUT2D eigenvalue weighted by atomic mass is 10.0. The van der Waals surface area contributed by atoms with Gasteiger partial charge in [-0.25, -0.2) is 0 Å². The third-order valence-corrected chi connectivity index (χ3v) is 4.73. The number of benzene rings is 1. The second kappa shape index (κ2) is 10.3. The number of nitrogens with zero attached hydrogens (tertiary/aromatic N) is 1. The summed E-state index contributed by atoms with van der Waals surface area (Å²) in [4.78, 5) is 26.2. The minimum atomic E-state index is -0.292. The zero-order valence-electron chi connectivity index (χ0n) is 15.9. The maximum Gasteiger partial charge on any atom is 0.224 e. The Kier molecular flexibility index (Phi) is 8.06. The Morgan fingerprint density at radius 1 is 1.27 bits per heavy atom. The molecule has 6 heteroatoms. The average Bonchev–Trinajstić information content (AvgIpc) is 2.62. The quantitative estimate of drug-likeness (QED) is 0.693. The summed E-state index contributed by atoms with van der Waals surface area (Å²) in [6.45, 7) is 6.23. The molecule has 1 atom stereocenters. The first-order chi connectivity index (χ1) is 12.5. The number of hydrogen-bond donors (Lipinski definition) is 2. The van der Waals surface area contributed by atoms with Gasteiger partial charge in [-0.15, -0.1) is 0 Å². The van der Waals surface area contributed by atoms with Gasteiger partial charge in [0.2, 0.25) is 11.8 Å². The molecule has 0 aromatic heterocycles. The molecule has 1 fully saturated rings. The summed E-state index contributed by atoms with van der Waals surface area (Å²) in [5.41, 5.74) is 7.59. The van der Waals surface area contributed by atoms with Crippen molar-refractivity contribution in [1.82, 2.24) is 10.2 Å². The average molecular weight is 361 g/mol. The number of likely N-dealkylation sites (tertiary alicyclic amines) is 1. The maximum atomic E-state index is 12.7. The van der Waals surface area contributed by atoms with Crippen LogP contribution in [0.4, 0.5) is 0 Å². The maximum absolute atomic E-state index is 12.7. The van der Waals surface area contributed by atoms with Crippen LogP contribution in [0.1, 0.15) is 49.8 Å². The highest BCUT2D eigenvalue weighted by molar-refractivity contribution is 5.79. The van der Waals surface area contributed by atoms with Gasteiger partial charge in [0.15, 0.2) is 0 Å². The van der Waals surface area contributed by atoms with Gasteiger partial charge in [0, 0.05) is 26.6 Å². The van der Waals surface area contributed by atoms with Crippen LogP contribution in [0.3, 0.4) is 0 Å². The van der Waals surface area contributed by atoms with E-state index in [0.717, 1.165) is 30.4 Å². The molecule has 1 aliphatic rings. The van der Waals surface area contributed by atoms with Crippen molar-refractivity contribution in [3.05, 3.63) is 35.4 Å². The lowest BCUT2D eigenvalue weighted by Gasteiger charge is -2.33. The van der Waals surface area contributed by atoms with Crippen molar-refractivity contribution < 1.29 is 14.3 Å². The molecule has 144 valence electrons. The molecule has 1 aromatic carbocycles. The van der Waals surface area contributed by atoms with Crippen molar-refractivity contribution in [2.24, 2.45) is 5.73 Å². The Morgan fingerprint density at radius 2 is 1.92 bits per heavy atom. The van der Waals surface area contributed by atoms with Crippen molar-refractivity contribution >= 4 is 11.8 Å². The second-order valence-corrected chi connectivity index (χ2v) is 6.96. The van der Waals surface area contributed by atoms with Gasteiger partial charge >= 0.3 is 0 Å². The van der Waals surface area contributed by atoms with Gasteiger partial charge in [0.05, 0.1) is 18.6 Å². The number of aryl methyl sites for hydroxylation is 1. The zero-order valence-corrected chi connectivity index (χ0v) is 15.9. The first kappa shape index (κ1) is 20.4. The molecule has 6 nitrogen and oxygen atoms in total. The normalized spacial score (nSPS) is 16.3. The van der Waals surface area contributed by atoms with Crippen LogP contribution in [0.5, 0.6) is 0 Å². The first-order valence-electron chi connectivity index (χ1n) is 9.42. The van der Waals surface area contributed by atoms with E-state index in [-0.39, 0.29) is 30.4 Å². The van der Waals surface area contributed by atoms with Crippen LogP contribution in [-0.2, 0) is 14.3 Å². The van der Waals surface area contributed by atoms with Crippen LogP contribution in [0, 0.1) is 6.92 Å². The standard InChI is InChI=1S/C20H31N3O3/c1-15-4-6-17(7-5-15)19(22-16(2)24)14-20(25)23-11-8-18(9-12-23)26-13-3-10-21/h4-7,18-19H,3,8-14,21H2,1-2H3,(H,22,24). The van der Waals surface area contributed by atoms with Crippen molar-refractivity contribution in [3.63, 3.8) is 0 Å². The van der Waals surface area contributed by atoms with Gasteiger partial charge in [-0.2, -0.15) is 0 Å². The molecule has 1 heterocycles. The fraction of sp³-hybridized carbons (Fsp3) is 0.600. The molecule has 0 aliphatic carbocycles. The minimum Gasteiger partial charge on any atom is -0.378 e. The SMILES string of the molecule is CC(=O)NC(CC(=O)N1CCC(OCCCN)CC1)c1ccc(C)cc1. The van der Waals surface area contributed by atoms with Gasteiger partial charge in [-0.1, -0.05) is 29.8 Å². The van der Waals surface area contributed by atoms with Crippen LogP contribution in [0.2, 0.25) is 0 Å². The van der Waals surface area contributed by atoms with Gasteiger partial charge in [0.1, 0.15) is 0 Å². The van der Waals surface area contributed by atoms with E-state index in [9.17, 15) is 9.59 Å². The number of amides is 2. The second-order valence-electron chi connectivity index (χ2n) is 6.96. The molecule has 1 aliphatic heterocycles. The van der Waals surface area contributed by atoms with Gasteiger partial charge < -0.3 is 20.7 Å². The lowest BCUT2D eigenvalue weighted by Crippen LogP contribution is -2.42. The number of nitrogens with two attached hydrogens (primary N) is 1. The largest absolute Gasteiger partial charge is 0.378 e. The summed E-state index contributed by atoms with van der Waals surface area (Å²) in [6.07, 6.45) is 3.07. The fourth-order valence-electron chi connectivity index (χ4n) is 3.21. The molecule has 2 amide bonds. The summed E-state index contributed by atoms with van der Waals surface area (Å²) in [7, 11) is 0. The summed E-state index contributed by atoms with van der Waals surface area (Å²) in [5.74, 6) is -0.0554. The summed E-state index contributed by atoms with van der Waals surface area (Å²) < 4.78 is 5.79. The molecule has 1 unspecified atom stereocenters. The van der Waals surface area contributed by atoms with Gasteiger partial charge in [-0.05, 0) is 38.3 Å². The molecular weight excluding hydrogens is 330 g/mol. The molecule has 3 N–H and O–H groups in total. The molecule has 0 spiro atoms. The molecule has 26 heavy (non-hydrogen) atoms. The van der Waals surface area contributed by atoms with Crippen LogP contribution >= 0.6 is 0 Å². The number of rotatable bonds is 8. The Bertz CT molecular complexity index is 580. The first-order valence-corrected chi connectivity index (χ1v) is 9.42. The molecule has 0 bridgehead atoms. The Hall–Kier alpha value is -1.92. The third kappa shape index (κ3) is 6.42. The Labute approximate surface area is 156 Å². The fourth-order valence-corrected chi connectivity index (χ4v) is 3.21. The predicted molar refractivity (Wildman–Crippen MR) is 102 cm³/mol. The smallest absolute Gasteiger partial charge is 0.224 e. The van der Waals surface area contributed by atoms with Crippen LogP contribution in [0.25, 0.3) is 0 Å². The number of carbonyl (C=O) groups is 2. The van der Waals surface area contributed by atoms with E-state index in [2.05, 4.69) is 5.32 Å². The van der Waals surface area contributed by atoms with E-state index in [1.54, 1.807) is 0 Å². The van der Waals surface area contributed by atoms with E-state index in [1.807, 2.05) is 36.1 Å². The van der Waals surface area contributed by atoms with Crippen LogP contribution in [-0.4, -0.2) is 49.1 Å². The number of piperidine rings is 1. The van der Waals surface area contributed by atoms with E-state index >= 15 is 0 Å². The topological polar surface area (TPSA) is 84.7 Å². The van der Waals surface area contributed by atoms with E-state index in [0.29, 0.717) is 26.2 Å². The number of ether oxygens (including phenoxy) is 1. The molecule has 0 saturated carbocycles. The van der Waals surface area contributed by atoms with Gasteiger partial charge in [0.25, 0.3) is 0 Å². The number of nitrogens with one attached hydrogen (secondary N) is 1. The predicted octanol–water partition coefficient (Wildman–Crippen LogP) is 1.92. The van der Waals surface area contributed by atoms with Crippen molar-refractivity contribution in [3.8, 4) is 0 Å². The van der Waals surface area contributed by atoms with E-state index in [1.165, 1.54) is 6.92 Å². The van der Waals surface area contributed by atoms with Crippen LogP contribution < -0.4 is 11.1 Å². The molecule has 0 radical (unpaired) electrons. The molecule has 1 saturated heterocycles. The van der Waals surface area contributed by atoms with Crippen molar-refractivity contribution in [2.45, 2.75) is 51.7 Å². The van der Waals surface area contributed by atoms with Crippen molar-refractivity contribution in [2.75, 3.05) is 26.2 Å². The lowest BCUT2D eigenvalue weighted by molar-refractivity contribution is -0.134. The molecular formula is C20H31N3O3. The minimum absolute atomic E-state index is 0.0738. The highest BCUT2D eigenvalue weighted by atomic mass is 16.5. The Morgan fingerprint density at radius 3 is 2.50 bits per heavy atom. The third-order valence-electron chi connectivity index (χ3n) is 4.73. The van der Waals surface area contributed by atoms with Crippen LogP contribution in [0.15, 0.2) is 24.3 Å². The Balaban J connectivity index is 1.89. The van der Waals surface area contributed by atoms with Gasteiger partial charge in [-0.3, -0.25) is 9.59 Å². The number of hydrogen-bond acceptors (Lipinski definition) is 4. The molecule has 1 aromatic rings. The van der Waals surface area contributed by atoms with Crippen molar-refractivity contribution in [1.29, 1.82) is 0 Å². The highest BCUT2D eigenvalue weighted by Gasteiger charge is 2.26. The molecule has 2 rings (SSSR count).